The van der Waals surface area contributed by atoms with Gasteiger partial charge < -0.3 is 4.98 Å². The van der Waals surface area contributed by atoms with Gasteiger partial charge in [0.05, 0.1) is 17.2 Å². The second-order valence-corrected chi connectivity index (χ2v) is 6.50. The van der Waals surface area contributed by atoms with Crippen LogP contribution in [0.25, 0.3) is 11.3 Å². The lowest BCUT2D eigenvalue weighted by Gasteiger charge is -2.06. The number of hydrogen-bond donors (Lipinski definition) is 2. The third-order valence-electron chi connectivity index (χ3n) is 4.53. The van der Waals surface area contributed by atoms with Gasteiger partial charge in [-0.05, 0) is 47.6 Å². The average Bonchev–Trinajstić information content (AvgIpc) is 3.43. The molecule has 1 fully saturated rings. The molecule has 7 nitrogen and oxygen atoms in total. The van der Waals surface area contributed by atoms with E-state index in [-0.39, 0.29) is 17.4 Å². The van der Waals surface area contributed by atoms with Crippen LogP contribution in [0.15, 0.2) is 46.1 Å². The number of aromatic amines is 2. The monoisotopic (exact) mass is 365 g/mol. The Hall–Kier alpha value is -3.24. The molecule has 4 rings (SSSR count). The van der Waals surface area contributed by atoms with Crippen molar-refractivity contribution in [1.82, 2.24) is 20.2 Å². The summed E-state index contributed by atoms with van der Waals surface area (Å²) >= 11 is 6.22. The van der Waals surface area contributed by atoms with Crippen LogP contribution in [0.4, 0.5) is 0 Å². The highest BCUT2D eigenvalue weighted by molar-refractivity contribution is 6.30. The van der Waals surface area contributed by atoms with Gasteiger partial charge in [-0.25, -0.2) is 4.79 Å². The van der Waals surface area contributed by atoms with E-state index in [1.54, 1.807) is 18.2 Å². The number of H-pyrrole nitrogens is 2. The van der Waals surface area contributed by atoms with E-state index in [1.807, 2.05) is 12.1 Å². The number of benzene rings is 1. The fourth-order valence-electron chi connectivity index (χ4n) is 3.09. The third-order valence-corrected chi connectivity index (χ3v) is 4.82. The summed E-state index contributed by atoms with van der Waals surface area (Å²) in [7, 11) is 0. The van der Waals surface area contributed by atoms with Crippen molar-refractivity contribution < 1.29 is 0 Å². The number of nitriles is 1. The summed E-state index contributed by atoms with van der Waals surface area (Å²) in [6, 6.07) is 11.3. The zero-order valence-electron chi connectivity index (χ0n) is 13.4. The van der Waals surface area contributed by atoms with E-state index in [0.717, 1.165) is 17.5 Å². The van der Waals surface area contributed by atoms with E-state index in [2.05, 4.69) is 26.2 Å². The van der Waals surface area contributed by atoms with Crippen LogP contribution in [0, 0.1) is 11.3 Å². The van der Waals surface area contributed by atoms with Crippen molar-refractivity contribution in [3.8, 4) is 17.3 Å². The quantitative estimate of drug-likeness (QED) is 0.739. The maximum Gasteiger partial charge on any atom is 0.325 e. The zero-order valence-corrected chi connectivity index (χ0v) is 14.1. The Morgan fingerprint density at radius 3 is 2.62 bits per heavy atom. The topological polar surface area (TPSA) is 115 Å². The molecule has 1 aromatic carbocycles. The Kier molecular flexibility index (Phi) is 3.90. The zero-order chi connectivity index (χ0) is 18.3. The van der Waals surface area contributed by atoms with Gasteiger partial charge in [-0.15, -0.1) is 10.2 Å². The second-order valence-electron chi connectivity index (χ2n) is 6.14. The molecule has 0 aliphatic heterocycles. The fourth-order valence-corrected chi connectivity index (χ4v) is 3.33. The molecule has 0 bridgehead atoms. The van der Waals surface area contributed by atoms with Gasteiger partial charge in [-0.1, -0.05) is 23.7 Å². The molecule has 128 valence electrons. The van der Waals surface area contributed by atoms with Crippen molar-refractivity contribution in [3.63, 3.8) is 0 Å². The summed E-state index contributed by atoms with van der Waals surface area (Å²) < 4.78 is 0. The van der Waals surface area contributed by atoms with Gasteiger partial charge in [0.1, 0.15) is 5.69 Å². The molecule has 0 radical (unpaired) electrons. The average molecular weight is 366 g/mol. The molecule has 1 aliphatic rings. The van der Waals surface area contributed by atoms with Crippen LogP contribution in [-0.4, -0.2) is 20.2 Å². The summed E-state index contributed by atoms with van der Waals surface area (Å²) in [6.45, 7) is 0. The number of rotatable bonds is 3. The lowest BCUT2D eigenvalue weighted by molar-refractivity contribution is 0.951. The molecule has 0 spiro atoms. The molecule has 2 unspecified atom stereocenters. The summed E-state index contributed by atoms with van der Waals surface area (Å²) in [5.41, 5.74) is 2.04. The van der Waals surface area contributed by atoms with Crippen molar-refractivity contribution >= 4 is 11.6 Å². The number of nitrogens with zero attached hydrogens (tertiary/aromatic N) is 3. The Labute approximate surface area is 152 Å². The lowest BCUT2D eigenvalue weighted by Crippen LogP contribution is -2.23. The highest BCUT2D eigenvalue weighted by atomic mass is 35.5. The minimum atomic E-state index is -0.580. The Morgan fingerprint density at radius 1 is 1.15 bits per heavy atom. The van der Waals surface area contributed by atoms with Crippen molar-refractivity contribution in [2.75, 3.05) is 0 Å². The highest BCUT2D eigenvalue weighted by Gasteiger charge is 2.41. The molecule has 1 saturated carbocycles. The second kappa shape index (κ2) is 6.24. The number of hydrogen-bond acceptors (Lipinski definition) is 5. The lowest BCUT2D eigenvalue weighted by atomic mass is 10.0. The predicted octanol–water partition coefficient (Wildman–Crippen LogP) is 2.32. The molecule has 2 heterocycles. The van der Waals surface area contributed by atoms with Gasteiger partial charge in [0.25, 0.3) is 5.56 Å². The van der Waals surface area contributed by atoms with Crippen LogP contribution in [0.1, 0.15) is 34.9 Å². The van der Waals surface area contributed by atoms with Crippen molar-refractivity contribution in [2.45, 2.75) is 18.3 Å². The standard InChI is InChI=1S/C18H12ClN5O2/c19-16-13(12-5-11(12)10-3-1-9(7-20)2-4-10)6-15(23-24-16)14-8-21-18(26)22-17(14)25/h1-4,6,8,11-12H,5H2,(H2,21,22,25,26). The van der Waals surface area contributed by atoms with E-state index < -0.39 is 11.2 Å². The van der Waals surface area contributed by atoms with Crippen LogP contribution < -0.4 is 11.2 Å². The number of halogens is 1. The van der Waals surface area contributed by atoms with E-state index in [4.69, 9.17) is 16.9 Å². The molecule has 2 aromatic heterocycles. The highest BCUT2D eigenvalue weighted by Crippen LogP contribution is 2.56. The summed E-state index contributed by atoms with van der Waals surface area (Å²) in [5, 5.41) is 17.1. The number of nitrogens with one attached hydrogen (secondary N) is 2. The maximum absolute atomic E-state index is 12.0. The van der Waals surface area contributed by atoms with Crippen LogP contribution in [-0.2, 0) is 0 Å². The van der Waals surface area contributed by atoms with Gasteiger partial charge >= 0.3 is 5.69 Å². The first kappa shape index (κ1) is 16.2. The fraction of sp³-hybridized carbons (Fsp3) is 0.167. The van der Waals surface area contributed by atoms with Crippen LogP contribution >= 0.6 is 11.6 Å². The van der Waals surface area contributed by atoms with Crippen molar-refractivity contribution in [3.05, 3.63) is 79.2 Å². The van der Waals surface area contributed by atoms with Gasteiger partial charge in [-0.2, -0.15) is 5.26 Å². The molecule has 0 amide bonds. The first-order chi connectivity index (χ1) is 12.6. The molecule has 8 heteroatoms. The van der Waals surface area contributed by atoms with Gasteiger partial charge in [-0.3, -0.25) is 9.78 Å². The minimum absolute atomic E-state index is 0.173. The van der Waals surface area contributed by atoms with Crippen molar-refractivity contribution in [2.24, 2.45) is 0 Å². The minimum Gasteiger partial charge on any atom is -0.313 e. The van der Waals surface area contributed by atoms with Crippen LogP contribution in [0.3, 0.4) is 0 Å². The first-order valence-electron chi connectivity index (χ1n) is 7.92. The Balaban J connectivity index is 1.66. The predicted molar refractivity (Wildman–Crippen MR) is 95.0 cm³/mol. The molecular weight excluding hydrogens is 354 g/mol. The van der Waals surface area contributed by atoms with Gasteiger partial charge in [0.15, 0.2) is 5.15 Å². The molecule has 3 aromatic rings. The summed E-state index contributed by atoms with van der Waals surface area (Å²) in [6.07, 6.45) is 2.21. The molecule has 2 N–H and O–H groups in total. The third kappa shape index (κ3) is 2.91. The molecule has 1 aliphatic carbocycles. The van der Waals surface area contributed by atoms with Gasteiger partial charge in [0.2, 0.25) is 0 Å². The van der Waals surface area contributed by atoms with E-state index in [1.165, 1.54) is 6.20 Å². The van der Waals surface area contributed by atoms with E-state index in [9.17, 15) is 9.59 Å². The largest absolute Gasteiger partial charge is 0.325 e. The summed E-state index contributed by atoms with van der Waals surface area (Å²) in [4.78, 5) is 27.7. The molecule has 0 saturated heterocycles. The molecular formula is C18H12ClN5O2. The first-order valence-corrected chi connectivity index (χ1v) is 8.30. The van der Waals surface area contributed by atoms with E-state index in [0.29, 0.717) is 16.4 Å². The number of aromatic nitrogens is 4. The molecule has 26 heavy (non-hydrogen) atoms. The van der Waals surface area contributed by atoms with Crippen LogP contribution in [0.5, 0.6) is 0 Å². The molecule has 2 atom stereocenters. The van der Waals surface area contributed by atoms with Gasteiger partial charge in [0, 0.05) is 6.20 Å². The summed E-state index contributed by atoms with van der Waals surface area (Å²) in [5.74, 6) is 0.456. The van der Waals surface area contributed by atoms with E-state index >= 15 is 0 Å². The maximum atomic E-state index is 12.0. The van der Waals surface area contributed by atoms with Crippen LogP contribution in [0.2, 0.25) is 5.15 Å². The smallest absolute Gasteiger partial charge is 0.313 e. The van der Waals surface area contributed by atoms with Crippen molar-refractivity contribution in [1.29, 1.82) is 5.26 Å². The Morgan fingerprint density at radius 2 is 1.92 bits per heavy atom. The normalized spacial score (nSPS) is 18.3. The SMILES string of the molecule is N#Cc1ccc(C2CC2c2cc(-c3c[nH]c(=O)[nH]c3=O)nnc2Cl)cc1. The Bertz CT molecular complexity index is 1140.